The zero-order chi connectivity index (χ0) is 16.9. The van der Waals surface area contributed by atoms with Crippen LogP contribution in [0.15, 0.2) is 59.6 Å². The summed E-state index contributed by atoms with van der Waals surface area (Å²) in [6.45, 7) is 1.31. The maximum atomic E-state index is 10.9. The highest BCUT2D eigenvalue weighted by Crippen LogP contribution is 2.40. The van der Waals surface area contributed by atoms with Crippen molar-refractivity contribution in [2.75, 3.05) is 13.1 Å². The van der Waals surface area contributed by atoms with Crippen molar-refractivity contribution in [3.8, 4) is 0 Å². The van der Waals surface area contributed by atoms with Gasteiger partial charge in [0.15, 0.2) is 0 Å². The molecule has 2 unspecified atom stereocenters. The van der Waals surface area contributed by atoms with Crippen LogP contribution in [0.4, 0.5) is 4.79 Å². The third-order valence-corrected chi connectivity index (χ3v) is 4.79. The Morgan fingerprint density at radius 2 is 1.92 bits per heavy atom. The molecule has 1 aliphatic heterocycles. The Morgan fingerprint density at radius 1 is 1.17 bits per heavy atom. The summed E-state index contributed by atoms with van der Waals surface area (Å²) in [5.41, 5.74) is 2.49. The van der Waals surface area contributed by atoms with E-state index < -0.39 is 6.09 Å². The van der Waals surface area contributed by atoms with Gasteiger partial charge in [0, 0.05) is 42.3 Å². The van der Waals surface area contributed by atoms with E-state index in [4.69, 9.17) is 5.11 Å². The molecule has 4 rings (SSSR count). The molecule has 0 aromatic carbocycles. The molecule has 1 saturated heterocycles. The van der Waals surface area contributed by atoms with Gasteiger partial charge in [-0.25, -0.2) is 4.79 Å². The maximum Gasteiger partial charge on any atom is 0.407 e. The van der Waals surface area contributed by atoms with Gasteiger partial charge in [-0.15, -0.1) is 0 Å². The Balaban J connectivity index is 0.000000203. The molecule has 2 aromatic rings. The number of allylic oxidation sites excluding steroid dienone is 1. The zero-order valence-corrected chi connectivity index (χ0v) is 14.6. The number of aromatic nitrogens is 2. The molecule has 1 aliphatic carbocycles. The predicted octanol–water partition coefficient (Wildman–Crippen LogP) is 3.94. The number of hydrogen-bond donors (Lipinski definition) is 1. The topological polar surface area (TPSA) is 66.3 Å². The Hall–Kier alpha value is -2.21. The highest BCUT2D eigenvalue weighted by Gasteiger charge is 2.38. The van der Waals surface area contributed by atoms with Gasteiger partial charge in [0.2, 0.25) is 0 Å². The van der Waals surface area contributed by atoms with Crippen molar-refractivity contribution >= 4 is 27.6 Å². The number of likely N-dealkylation sites (tertiary alicyclic amines) is 1. The quantitative estimate of drug-likeness (QED) is 0.804. The van der Waals surface area contributed by atoms with Crippen molar-refractivity contribution in [2.45, 2.75) is 6.42 Å². The van der Waals surface area contributed by atoms with Gasteiger partial charge in [0.25, 0.3) is 0 Å². The molecule has 2 aliphatic rings. The van der Waals surface area contributed by atoms with Gasteiger partial charge in [-0.05, 0) is 63.5 Å². The monoisotopic (exact) mass is 387 g/mol. The molecule has 3 heterocycles. The normalized spacial score (nSPS) is 21.5. The molecular formula is C18H18BrN3O2. The molecule has 1 N–H and O–H groups in total. The molecule has 24 heavy (non-hydrogen) atoms. The summed E-state index contributed by atoms with van der Waals surface area (Å²) in [5.74, 6) is 0.850. The number of carbonyl (C=O) groups is 1. The van der Waals surface area contributed by atoms with Crippen LogP contribution in [0.3, 0.4) is 0 Å². The van der Waals surface area contributed by atoms with Crippen molar-refractivity contribution < 1.29 is 9.90 Å². The van der Waals surface area contributed by atoms with E-state index in [0.29, 0.717) is 24.9 Å². The Morgan fingerprint density at radius 3 is 2.42 bits per heavy atom. The number of amides is 1. The van der Waals surface area contributed by atoms with Crippen molar-refractivity contribution in [3.05, 3.63) is 65.2 Å². The predicted molar refractivity (Wildman–Crippen MR) is 95.3 cm³/mol. The van der Waals surface area contributed by atoms with Gasteiger partial charge >= 0.3 is 6.09 Å². The van der Waals surface area contributed by atoms with Crippen molar-refractivity contribution in [1.29, 1.82) is 0 Å². The van der Waals surface area contributed by atoms with Crippen molar-refractivity contribution in [3.63, 3.8) is 0 Å². The van der Waals surface area contributed by atoms with E-state index in [9.17, 15) is 4.79 Å². The van der Waals surface area contributed by atoms with Gasteiger partial charge in [-0.3, -0.25) is 9.97 Å². The number of carboxylic acid groups (broad SMARTS) is 1. The summed E-state index contributed by atoms with van der Waals surface area (Å²) in [7, 11) is 0. The van der Waals surface area contributed by atoms with Crippen molar-refractivity contribution in [2.24, 2.45) is 11.8 Å². The van der Waals surface area contributed by atoms with Gasteiger partial charge in [0.1, 0.15) is 0 Å². The van der Waals surface area contributed by atoms with Crippen LogP contribution in [0.1, 0.15) is 12.0 Å². The largest absolute Gasteiger partial charge is 0.465 e. The third kappa shape index (κ3) is 4.00. The molecule has 124 valence electrons. The van der Waals surface area contributed by atoms with Gasteiger partial charge in [-0.2, -0.15) is 0 Å². The van der Waals surface area contributed by atoms with E-state index in [2.05, 4.69) is 38.0 Å². The SMILES string of the molecule is Brc1cccnc1.O=C(O)N1CC2C=C(c3cccnc3)CC2C1. The van der Waals surface area contributed by atoms with E-state index in [0.717, 1.165) is 10.9 Å². The molecule has 0 bridgehead atoms. The molecule has 0 saturated carbocycles. The smallest absolute Gasteiger partial charge is 0.407 e. The van der Waals surface area contributed by atoms with Crippen LogP contribution in [0.5, 0.6) is 0 Å². The van der Waals surface area contributed by atoms with E-state index in [1.165, 1.54) is 16.0 Å². The second kappa shape index (κ2) is 7.57. The molecule has 0 spiro atoms. The summed E-state index contributed by atoms with van der Waals surface area (Å²) in [4.78, 5) is 20.4. The van der Waals surface area contributed by atoms with Crippen molar-refractivity contribution in [1.82, 2.24) is 14.9 Å². The van der Waals surface area contributed by atoms with E-state index >= 15 is 0 Å². The summed E-state index contributed by atoms with van der Waals surface area (Å²) in [6, 6.07) is 7.82. The third-order valence-electron chi connectivity index (χ3n) is 4.32. The highest BCUT2D eigenvalue weighted by atomic mass is 79.9. The van der Waals surface area contributed by atoms with Crippen LogP contribution in [0.2, 0.25) is 0 Å². The van der Waals surface area contributed by atoms with Crippen LogP contribution < -0.4 is 0 Å². The minimum absolute atomic E-state index is 0.390. The summed E-state index contributed by atoms with van der Waals surface area (Å²) in [6.07, 6.45) is 9.54. The molecule has 2 aromatic heterocycles. The Kier molecular flexibility index (Phi) is 5.25. The van der Waals surface area contributed by atoms with Gasteiger partial charge in [0.05, 0.1) is 0 Å². The number of halogens is 1. The van der Waals surface area contributed by atoms with E-state index in [-0.39, 0.29) is 0 Å². The second-order valence-corrected chi connectivity index (χ2v) is 6.84. The lowest BCUT2D eigenvalue weighted by Gasteiger charge is -2.12. The standard InChI is InChI=1S/C13H14N2O2.C5H4BrN/c16-13(17)15-7-11-4-10(5-12(11)8-15)9-2-1-3-14-6-9;6-5-2-1-3-7-4-5/h1-4,6,11-12H,5,7-8H2,(H,16,17);1-4H. The minimum atomic E-state index is -0.796. The first kappa shape index (κ1) is 16.6. The number of nitrogens with zero attached hydrogens (tertiary/aromatic N) is 3. The highest BCUT2D eigenvalue weighted by molar-refractivity contribution is 9.10. The average molecular weight is 388 g/mol. The Bertz CT molecular complexity index is 722. The van der Waals surface area contributed by atoms with Gasteiger partial charge < -0.3 is 10.0 Å². The van der Waals surface area contributed by atoms with Crippen LogP contribution in [0.25, 0.3) is 5.57 Å². The average Bonchev–Trinajstić information content (AvgIpc) is 3.16. The first-order chi connectivity index (χ1) is 11.6. The zero-order valence-electron chi connectivity index (χ0n) is 13.0. The first-order valence-electron chi connectivity index (χ1n) is 7.78. The lowest BCUT2D eigenvalue weighted by Crippen LogP contribution is -2.27. The fourth-order valence-corrected chi connectivity index (χ4v) is 3.45. The molecular weight excluding hydrogens is 370 g/mol. The number of pyridine rings is 2. The van der Waals surface area contributed by atoms with Crippen LogP contribution >= 0.6 is 15.9 Å². The summed E-state index contributed by atoms with van der Waals surface area (Å²) in [5, 5.41) is 8.95. The fraction of sp³-hybridized carbons (Fsp3) is 0.278. The second-order valence-electron chi connectivity index (χ2n) is 5.92. The molecule has 0 radical (unpaired) electrons. The van der Waals surface area contributed by atoms with E-state index in [1.54, 1.807) is 18.6 Å². The number of rotatable bonds is 1. The number of hydrogen-bond acceptors (Lipinski definition) is 3. The summed E-state index contributed by atoms with van der Waals surface area (Å²) < 4.78 is 1.02. The Labute approximate surface area is 149 Å². The minimum Gasteiger partial charge on any atom is -0.465 e. The maximum absolute atomic E-state index is 10.9. The van der Waals surface area contributed by atoms with Gasteiger partial charge in [-0.1, -0.05) is 12.1 Å². The number of fused-ring (bicyclic) bond motifs is 1. The lowest BCUT2D eigenvalue weighted by atomic mass is 9.99. The first-order valence-corrected chi connectivity index (χ1v) is 8.57. The molecule has 1 amide bonds. The van der Waals surface area contributed by atoms with Crippen LogP contribution in [0, 0.1) is 11.8 Å². The summed E-state index contributed by atoms with van der Waals surface area (Å²) >= 11 is 3.25. The fourth-order valence-electron chi connectivity index (χ4n) is 3.18. The molecule has 2 atom stereocenters. The van der Waals surface area contributed by atoms with E-state index in [1.807, 2.05) is 24.4 Å². The lowest BCUT2D eigenvalue weighted by molar-refractivity contribution is 0.153. The molecule has 6 heteroatoms. The van der Waals surface area contributed by atoms with Crippen LogP contribution in [-0.2, 0) is 0 Å². The molecule has 5 nitrogen and oxygen atoms in total. The van der Waals surface area contributed by atoms with Crippen LogP contribution in [-0.4, -0.2) is 39.2 Å². The molecule has 1 fully saturated rings.